The topological polar surface area (TPSA) is 25.8 Å². The summed E-state index contributed by atoms with van der Waals surface area (Å²) < 4.78 is 0. The molecule has 50 heavy (non-hydrogen) atoms. The molecule has 0 radical (unpaired) electrons. The van der Waals surface area contributed by atoms with Gasteiger partial charge in [-0.2, -0.15) is 0 Å². The average molecular weight is 635 g/mol. The third kappa shape index (κ3) is 4.43. The standard InChI is InChI=1S/C48H30N2/c1-2-16-34-30-42-41(29-33(34)15-1)45(39-25-23-31-13-3-5-17-35(31)47(39)43-21-9-11-27-49-43)37-19-7-8-20-38(37)46(42)40-26-24-32-14-4-6-18-36(32)48(40)44-22-10-12-28-50-44/h1-30H. The van der Waals surface area contributed by atoms with E-state index in [0.717, 1.165) is 22.5 Å². The number of benzene rings is 8. The van der Waals surface area contributed by atoms with Crippen LogP contribution in [-0.4, -0.2) is 9.97 Å². The zero-order valence-electron chi connectivity index (χ0n) is 27.2. The van der Waals surface area contributed by atoms with E-state index in [1.807, 2.05) is 24.5 Å². The normalized spacial score (nSPS) is 11.6. The summed E-state index contributed by atoms with van der Waals surface area (Å²) in [6, 6.07) is 61.3. The monoisotopic (exact) mass is 634 g/mol. The molecule has 2 nitrogen and oxygen atoms in total. The van der Waals surface area contributed by atoms with E-state index in [1.54, 1.807) is 0 Å². The smallest absolute Gasteiger partial charge is 0.0714 e. The maximum absolute atomic E-state index is 4.93. The van der Waals surface area contributed by atoms with Gasteiger partial charge in [0.1, 0.15) is 0 Å². The van der Waals surface area contributed by atoms with Crippen LogP contribution in [0.3, 0.4) is 0 Å². The van der Waals surface area contributed by atoms with E-state index in [1.165, 1.54) is 76.1 Å². The van der Waals surface area contributed by atoms with Crippen LogP contribution in [0, 0.1) is 0 Å². The fourth-order valence-corrected chi connectivity index (χ4v) is 7.98. The zero-order valence-corrected chi connectivity index (χ0v) is 27.2. The van der Waals surface area contributed by atoms with Gasteiger partial charge in [0.15, 0.2) is 0 Å². The lowest BCUT2D eigenvalue weighted by Gasteiger charge is -2.22. The molecule has 0 N–H and O–H groups in total. The molecule has 232 valence electrons. The van der Waals surface area contributed by atoms with Gasteiger partial charge in [0, 0.05) is 23.5 Å². The Labute approximate surface area is 290 Å². The summed E-state index contributed by atoms with van der Waals surface area (Å²) in [6.07, 6.45) is 3.79. The largest absolute Gasteiger partial charge is 0.256 e. The minimum atomic E-state index is 0.966. The molecular weight excluding hydrogens is 605 g/mol. The van der Waals surface area contributed by atoms with Crippen molar-refractivity contribution in [1.29, 1.82) is 0 Å². The van der Waals surface area contributed by atoms with E-state index < -0.39 is 0 Å². The molecule has 0 aliphatic heterocycles. The van der Waals surface area contributed by atoms with Crippen molar-refractivity contribution in [3.8, 4) is 44.8 Å². The van der Waals surface area contributed by atoms with Gasteiger partial charge in [-0.05, 0) is 113 Å². The molecule has 2 heteroatoms. The molecule has 0 aliphatic rings. The fraction of sp³-hybridized carbons (Fsp3) is 0. The molecule has 8 aromatic carbocycles. The zero-order chi connectivity index (χ0) is 33.0. The summed E-state index contributed by atoms with van der Waals surface area (Å²) in [7, 11) is 0. The minimum Gasteiger partial charge on any atom is -0.256 e. The number of hydrogen-bond donors (Lipinski definition) is 0. The van der Waals surface area contributed by atoms with E-state index in [9.17, 15) is 0 Å². The van der Waals surface area contributed by atoms with Crippen LogP contribution in [0.2, 0.25) is 0 Å². The summed E-state index contributed by atoms with van der Waals surface area (Å²) in [5.41, 5.74) is 9.02. The highest BCUT2D eigenvalue weighted by Gasteiger charge is 2.23. The van der Waals surface area contributed by atoms with Crippen molar-refractivity contribution in [3.05, 3.63) is 182 Å². The van der Waals surface area contributed by atoms with Crippen molar-refractivity contribution in [2.45, 2.75) is 0 Å². The molecule has 0 saturated carbocycles. The lowest BCUT2D eigenvalue weighted by molar-refractivity contribution is 1.33. The third-order valence-electron chi connectivity index (χ3n) is 10.1. The summed E-state index contributed by atoms with van der Waals surface area (Å²) in [5, 5.41) is 12.0. The Morgan fingerprint density at radius 3 is 1.06 bits per heavy atom. The van der Waals surface area contributed by atoms with Gasteiger partial charge in [0.05, 0.1) is 11.4 Å². The summed E-state index contributed by atoms with van der Waals surface area (Å²) in [4.78, 5) is 9.86. The van der Waals surface area contributed by atoms with E-state index in [2.05, 4.69) is 158 Å². The van der Waals surface area contributed by atoms with Gasteiger partial charge in [0.2, 0.25) is 0 Å². The summed E-state index contributed by atoms with van der Waals surface area (Å²) >= 11 is 0. The highest BCUT2D eigenvalue weighted by Crippen LogP contribution is 2.50. The highest BCUT2D eigenvalue weighted by molar-refractivity contribution is 6.27. The van der Waals surface area contributed by atoms with Crippen molar-refractivity contribution in [2.75, 3.05) is 0 Å². The molecule has 10 rings (SSSR count). The number of fused-ring (bicyclic) bond motifs is 5. The quantitative estimate of drug-likeness (QED) is 0.180. The molecule has 0 spiro atoms. The van der Waals surface area contributed by atoms with Crippen LogP contribution in [0.5, 0.6) is 0 Å². The number of nitrogens with zero attached hydrogens (tertiary/aromatic N) is 2. The van der Waals surface area contributed by atoms with Crippen LogP contribution in [0.15, 0.2) is 182 Å². The molecule has 0 fully saturated rings. The number of pyridine rings is 2. The Bertz CT molecular complexity index is 2710. The Hall–Kier alpha value is -6.64. The molecule has 2 aromatic heterocycles. The minimum absolute atomic E-state index is 0.966. The van der Waals surface area contributed by atoms with Crippen molar-refractivity contribution in [1.82, 2.24) is 9.97 Å². The number of rotatable bonds is 4. The second-order valence-corrected chi connectivity index (χ2v) is 12.9. The predicted octanol–water partition coefficient (Wildman–Crippen LogP) is 12.9. The van der Waals surface area contributed by atoms with E-state index in [-0.39, 0.29) is 0 Å². The molecule has 0 saturated heterocycles. The maximum atomic E-state index is 4.93. The van der Waals surface area contributed by atoms with Crippen LogP contribution in [0.4, 0.5) is 0 Å². The van der Waals surface area contributed by atoms with Crippen molar-refractivity contribution >= 4 is 53.9 Å². The van der Waals surface area contributed by atoms with Crippen LogP contribution >= 0.6 is 0 Å². The van der Waals surface area contributed by atoms with Gasteiger partial charge in [-0.15, -0.1) is 0 Å². The second kappa shape index (κ2) is 11.5. The fourth-order valence-electron chi connectivity index (χ4n) is 7.98. The van der Waals surface area contributed by atoms with E-state index in [0.29, 0.717) is 0 Å². The van der Waals surface area contributed by atoms with Crippen molar-refractivity contribution in [3.63, 3.8) is 0 Å². The lowest BCUT2D eigenvalue weighted by Crippen LogP contribution is -1.96. The van der Waals surface area contributed by atoms with Gasteiger partial charge in [-0.1, -0.05) is 133 Å². The van der Waals surface area contributed by atoms with Crippen LogP contribution < -0.4 is 0 Å². The summed E-state index contributed by atoms with van der Waals surface area (Å²) in [5.74, 6) is 0. The number of hydrogen-bond acceptors (Lipinski definition) is 2. The summed E-state index contributed by atoms with van der Waals surface area (Å²) in [6.45, 7) is 0. The van der Waals surface area contributed by atoms with Gasteiger partial charge < -0.3 is 0 Å². The van der Waals surface area contributed by atoms with Gasteiger partial charge in [-0.25, -0.2) is 0 Å². The highest BCUT2D eigenvalue weighted by atomic mass is 14.7. The van der Waals surface area contributed by atoms with E-state index >= 15 is 0 Å². The maximum Gasteiger partial charge on any atom is 0.0714 e. The van der Waals surface area contributed by atoms with Gasteiger partial charge in [0.25, 0.3) is 0 Å². The predicted molar refractivity (Wildman–Crippen MR) is 211 cm³/mol. The molecule has 10 aromatic rings. The van der Waals surface area contributed by atoms with E-state index in [4.69, 9.17) is 9.97 Å². The molecular formula is C48H30N2. The first-order valence-electron chi connectivity index (χ1n) is 17.1. The van der Waals surface area contributed by atoms with Gasteiger partial charge >= 0.3 is 0 Å². The molecule has 0 aliphatic carbocycles. The third-order valence-corrected chi connectivity index (χ3v) is 10.1. The van der Waals surface area contributed by atoms with Crippen LogP contribution in [-0.2, 0) is 0 Å². The average Bonchev–Trinajstić information content (AvgIpc) is 3.19. The number of aromatic nitrogens is 2. The van der Waals surface area contributed by atoms with Gasteiger partial charge in [-0.3, -0.25) is 9.97 Å². The molecule has 2 heterocycles. The SMILES string of the molecule is c1ccc(-c2c(-c3c4ccccc4c(-c4ccc5ccccc5c4-c4ccccn4)c4cc5ccccc5cc34)ccc3ccccc23)nc1. The molecule has 0 unspecified atom stereocenters. The van der Waals surface area contributed by atoms with Crippen molar-refractivity contribution in [2.24, 2.45) is 0 Å². The first kappa shape index (κ1) is 28.4. The molecule has 0 atom stereocenters. The first-order valence-corrected chi connectivity index (χ1v) is 17.1. The van der Waals surface area contributed by atoms with Crippen LogP contribution in [0.25, 0.3) is 98.6 Å². The van der Waals surface area contributed by atoms with Crippen molar-refractivity contribution < 1.29 is 0 Å². The molecule has 0 bridgehead atoms. The Balaban J connectivity index is 1.42. The first-order chi connectivity index (χ1) is 24.8. The Kier molecular flexibility index (Phi) is 6.53. The Morgan fingerprint density at radius 1 is 0.260 bits per heavy atom. The second-order valence-electron chi connectivity index (χ2n) is 12.9. The molecule has 0 amide bonds. The van der Waals surface area contributed by atoms with Crippen LogP contribution in [0.1, 0.15) is 0 Å². The Morgan fingerprint density at radius 2 is 0.640 bits per heavy atom. The lowest BCUT2D eigenvalue weighted by atomic mass is 9.81.